The van der Waals surface area contributed by atoms with Gasteiger partial charge in [-0.15, -0.1) is 23.7 Å². The van der Waals surface area contributed by atoms with Gasteiger partial charge in [-0.25, -0.2) is 4.98 Å². The van der Waals surface area contributed by atoms with E-state index in [1.807, 2.05) is 52.0 Å². The lowest BCUT2D eigenvalue weighted by molar-refractivity contribution is -0.152. The Morgan fingerprint density at radius 1 is 0.519 bits per heavy atom. The van der Waals surface area contributed by atoms with Crippen LogP contribution in [0.2, 0.25) is 0 Å². The van der Waals surface area contributed by atoms with E-state index in [4.69, 9.17) is 115 Å². The van der Waals surface area contributed by atoms with Gasteiger partial charge in [-0.2, -0.15) is 0 Å². The normalized spacial score (nSPS) is 14.4. The van der Waals surface area contributed by atoms with Crippen molar-refractivity contribution in [2.45, 2.75) is 71.3 Å². The van der Waals surface area contributed by atoms with Crippen molar-refractivity contribution in [3.05, 3.63) is 41.0 Å². The molecule has 1 fully saturated rings. The molecular formula is C73H130ClN5O28S. The number of likely N-dealkylation sites (tertiary alicyclic amines) is 1. The van der Waals surface area contributed by atoms with Crippen LogP contribution in [0.3, 0.4) is 0 Å². The van der Waals surface area contributed by atoms with Crippen LogP contribution in [0.4, 0.5) is 0 Å². The number of methoxy groups -OCH3 is 1. The van der Waals surface area contributed by atoms with Crippen LogP contribution in [0.15, 0.2) is 29.8 Å². The second-order valence-corrected chi connectivity index (χ2v) is 25.9. The van der Waals surface area contributed by atoms with Crippen molar-refractivity contribution in [3.8, 4) is 10.4 Å². The summed E-state index contributed by atoms with van der Waals surface area (Å²) in [5.41, 5.74) is 10.0. The zero-order chi connectivity index (χ0) is 77.2. The van der Waals surface area contributed by atoms with Crippen molar-refractivity contribution in [2.75, 3.05) is 318 Å². The van der Waals surface area contributed by atoms with Gasteiger partial charge in [-0.3, -0.25) is 19.2 Å². The number of halogens is 1. The maximum atomic E-state index is 13.7. The lowest BCUT2D eigenvalue weighted by Gasteiger charge is -2.40. The molecule has 0 saturated carbocycles. The molecule has 1 aromatic heterocycles. The number of nitrogens with zero attached hydrogens (tertiary/aromatic N) is 4. The minimum Gasteiger partial charge on any atom is -0.463 e. The van der Waals surface area contributed by atoms with Crippen LogP contribution in [0, 0.1) is 12.3 Å². The molecule has 2 aromatic rings. The molecule has 3 rings (SSSR count). The van der Waals surface area contributed by atoms with E-state index < -0.39 is 41.6 Å². The van der Waals surface area contributed by atoms with E-state index in [2.05, 4.69) is 4.98 Å². The molecule has 628 valence electrons. The topological polar surface area (TPSA) is 349 Å². The number of β-amino-alcohol motifs (C(OH)–C–C–N with tert-alkyl or cyclic N) is 1. The summed E-state index contributed by atoms with van der Waals surface area (Å²) in [5, 5.41) is 10.8. The maximum Gasteiger partial charge on any atom is 0.306 e. The quantitative estimate of drug-likeness (QED) is 0.0546. The zero-order valence-electron chi connectivity index (χ0n) is 65.1. The van der Waals surface area contributed by atoms with Crippen LogP contribution in [0.25, 0.3) is 10.4 Å². The van der Waals surface area contributed by atoms with Crippen molar-refractivity contribution < 1.29 is 133 Å². The van der Waals surface area contributed by atoms with E-state index >= 15 is 0 Å². The molecular weight excluding hydrogens is 1460 g/mol. The van der Waals surface area contributed by atoms with Gasteiger partial charge in [-0.05, 0) is 23.5 Å². The number of aryl methyl sites for hydroxylation is 1. The Kier molecular flexibility index (Phi) is 64.7. The predicted octanol–water partition coefficient (Wildman–Crippen LogP) is 3.11. The van der Waals surface area contributed by atoms with E-state index in [1.54, 1.807) is 19.7 Å². The Labute approximate surface area is 650 Å². The summed E-state index contributed by atoms with van der Waals surface area (Å²) in [6.45, 7) is 27.4. The second kappa shape index (κ2) is 69.7. The van der Waals surface area contributed by atoms with Gasteiger partial charge in [0.1, 0.15) is 12.8 Å². The Bertz CT molecular complexity index is 2420. The fraction of sp³-hybridized carbons (Fsp3) is 0.822. The number of aliphatic hydroxyl groups is 1. The Hall–Kier alpha value is -3.94. The highest BCUT2D eigenvalue weighted by molar-refractivity contribution is 7.13. The molecule has 35 heteroatoms. The number of esters is 1. The third kappa shape index (κ3) is 52.4. The smallest absolute Gasteiger partial charge is 0.306 e. The number of hydrogen-bond acceptors (Lipinski definition) is 31. The number of aliphatic hydroxyl groups excluding tert-OH is 1. The van der Waals surface area contributed by atoms with Gasteiger partial charge in [0, 0.05) is 40.1 Å². The van der Waals surface area contributed by atoms with Crippen molar-refractivity contribution in [1.82, 2.24) is 19.7 Å². The number of rotatable bonds is 77. The van der Waals surface area contributed by atoms with Crippen molar-refractivity contribution in [2.24, 2.45) is 11.1 Å². The molecule has 3 amide bonds. The van der Waals surface area contributed by atoms with Gasteiger partial charge >= 0.3 is 5.97 Å². The van der Waals surface area contributed by atoms with Gasteiger partial charge < -0.3 is 134 Å². The second-order valence-electron chi connectivity index (χ2n) is 25.0. The van der Waals surface area contributed by atoms with Crippen LogP contribution >= 0.6 is 23.7 Å². The SMILES string of the molecule is COCCOCCOCCOCCOCCOCCOCCOCCOCCOCCOCCOCCOCCOCCOCCOCCOCCOCCOCCOCCOCCOCCN(C)C(=O)CCC(=O)OC[C@@H](c1ccc(-c2scnc2C)cc1)N(C=O)[C@@H]1C[C@@H](O)CN1C(=O)[C@@H](N)C(C)(C)C.Cl. The highest BCUT2D eigenvalue weighted by Crippen LogP contribution is 2.34. The fourth-order valence-corrected chi connectivity index (χ4v) is 10.4. The van der Waals surface area contributed by atoms with E-state index in [0.29, 0.717) is 296 Å². The number of aromatic nitrogens is 1. The first kappa shape index (κ1) is 100. The molecule has 0 spiro atoms. The summed E-state index contributed by atoms with van der Waals surface area (Å²) in [7, 11) is 3.27. The number of thiazole rings is 1. The van der Waals surface area contributed by atoms with Crippen molar-refractivity contribution >= 4 is 47.9 Å². The molecule has 1 aliphatic heterocycles. The Morgan fingerprint density at radius 3 is 1.10 bits per heavy atom. The van der Waals surface area contributed by atoms with Gasteiger partial charge in [-0.1, -0.05) is 45.0 Å². The first-order valence-corrected chi connectivity index (χ1v) is 38.1. The number of amides is 3. The van der Waals surface area contributed by atoms with Gasteiger partial charge in [0.25, 0.3) is 0 Å². The maximum absolute atomic E-state index is 13.7. The van der Waals surface area contributed by atoms with E-state index in [0.717, 1.165) is 16.1 Å². The summed E-state index contributed by atoms with van der Waals surface area (Å²) in [5.74, 6) is -1.31. The third-order valence-electron chi connectivity index (χ3n) is 15.7. The predicted molar refractivity (Wildman–Crippen MR) is 401 cm³/mol. The van der Waals surface area contributed by atoms with Gasteiger partial charge in [0.2, 0.25) is 18.2 Å². The molecule has 3 N–H and O–H groups in total. The number of carbonyl (C=O) groups is 4. The van der Waals surface area contributed by atoms with E-state index in [-0.39, 0.29) is 57.3 Å². The molecule has 4 atom stereocenters. The number of nitrogens with two attached hydrogens (primary N) is 1. The lowest BCUT2D eigenvalue weighted by atomic mass is 9.86. The van der Waals surface area contributed by atoms with Crippen molar-refractivity contribution in [3.63, 3.8) is 0 Å². The summed E-state index contributed by atoms with van der Waals surface area (Å²) < 4.78 is 127. The number of hydrogen-bond donors (Lipinski definition) is 2. The standard InChI is InChI=1S/C73H129N5O28S.ClH/c1-62-70(107-60-75-62)64-9-7-63(8-10-64)66(78(61-79)67-57-65(80)58-77(67)72(83)71(74)73(2,3)4)59-106-69(82)12-11-68(81)76(5)13-14-85-17-18-87-21-22-89-25-26-91-29-30-93-33-34-95-37-38-97-41-42-99-45-46-101-49-50-103-53-54-105-56-55-104-52-51-102-48-47-100-44-43-98-40-39-96-36-35-94-32-31-92-28-27-90-24-23-88-20-19-86-16-15-84-6;/h7-10,60-61,65-67,71,80H,11-59,74H2,1-6H3;1H/t65-,66+,67-,71-;/m1./s1. The largest absolute Gasteiger partial charge is 0.463 e. The molecule has 0 radical (unpaired) electrons. The highest BCUT2D eigenvalue weighted by atomic mass is 35.5. The van der Waals surface area contributed by atoms with E-state index in [9.17, 15) is 24.3 Å². The van der Waals surface area contributed by atoms with Crippen LogP contribution < -0.4 is 5.73 Å². The molecule has 1 saturated heterocycles. The molecule has 2 heterocycles. The first-order chi connectivity index (χ1) is 52.3. The Morgan fingerprint density at radius 2 is 0.824 bits per heavy atom. The number of benzene rings is 1. The van der Waals surface area contributed by atoms with Gasteiger partial charge in [0.05, 0.1) is 325 Å². The van der Waals surface area contributed by atoms with Gasteiger partial charge in [0.15, 0.2) is 0 Å². The van der Waals surface area contributed by atoms with Crippen LogP contribution in [0.5, 0.6) is 0 Å². The molecule has 33 nitrogen and oxygen atoms in total. The average molecular weight is 1590 g/mol. The number of carbonyl (C=O) groups excluding carboxylic acids is 4. The Balaban J connectivity index is 0.0000396. The molecule has 0 aliphatic carbocycles. The number of likely N-dealkylation sites (N-methyl/N-ethyl adjacent to an activating group) is 1. The van der Waals surface area contributed by atoms with Crippen LogP contribution in [-0.4, -0.2) is 385 Å². The summed E-state index contributed by atoms with van der Waals surface area (Å²) in [6, 6.07) is 5.74. The lowest BCUT2D eigenvalue weighted by Crippen LogP contribution is -2.56. The minimum atomic E-state index is -0.900. The molecule has 0 bridgehead atoms. The average Bonchev–Trinajstić information content (AvgIpc) is 1.61. The summed E-state index contributed by atoms with van der Waals surface area (Å²) in [6.07, 6.45) is -1.37. The van der Waals surface area contributed by atoms with E-state index in [1.165, 1.54) is 26.0 Å². The molecule has 1 aromatic carbocycles. The minimum absolute atomic E-state index is 0. The van der Waals surface area contributed by atoms with Crippen molar-refractivity contribution in [1.29, 1.82) is 0 Å². The zero-order valence-corrected chi connectivity index (χ0v) is 66.7. The summed E-state index contributed by atoms with van der Waals surface area (Å²) >= 11 is 1.50. The molecule has 1 aliphatic rings. The molecule has 108 heavy (non-hydrogen) atoms. The molecule has 0 unspecified atom stereocenters. The fourth-order valence-electron chi connectivity index (χ4n) is 9.62. The monoisotopic (exact) mass is 1590 g/mol. The number of ether oxygens (including phenoxy) is 23. The highest BCUT2D eigenvalue weighted by Gasteiger charge is 2.44. The summed E-state index contributed by atoms with van der Waals surface area (Å²) in [4.78, 5) is 62.5. The van der Waals surface area contributed by atoms with Crippen LogP contribution in [-0.2, 0) is 128 Å². The first-order valence-electron chi connectivity index (χ1n) is 37.3. The van der Waals surface area contributed by atoms with Crippen LogP contribution in [0.1, 0.15) is 57.3 Å². The third-order valence-corrected chi connectivity index (χ3v) is 16.7.